The molecule has 0 radical (unpaired) electrons. The summed E-state index contributed by atoms with van der Waals surface area (Å²) in [4.78, 5) is 43.1. The Morgan fingerprint density at radius 3 is 2.34 bits per heavy atom. The largest absolute Gasteiger partial charge is 0.444 e. The number of alkyl carbamates (subject to hydrolysis) is 1. The van der Waals surface area contributed by atoms with Crippen LogP contribution in [0.1, 0.15) is 64.9 Å². The lowest BCUT2D eigenvalue weighted by Crippen LogP contribution is -2.46. The fraction of sp³-hybridized carbons (Fsp3) is 0.739. The summed E-state index contributed by atoms with van der Waals surface area (Å²) < 4.78 is 16.2. The molecule has 1 aromatic heterocycles. The van der Waals surface area contributed by atoms with Crippen LogP contribution in [0.2, 0.25) is 18.1 Å². The number of hydrogen-bond donors (Lipinski definition) is 2. The number of nitrogens with zero attached hydrogens (tertiary/aromatic N) is 2. The van der Waals surface area contributed by atoms with Crippen LogP contribution in [-0.4, -0.2) is 68.7 Å². The van der Waals surface area contributed by atoms with E-state index in [1.54, 1.807) is 5.38 Å². The molecule has 0 aliphatic carbocycles. The number of anilines is 1. The minimum atomic E-state index is -2.08. The Hall–Kier alpha value is -2.02. The molecule has 12 heteroatoms. The van der Waals surface area contributed by atoms with Crippen molar-refractivity contribution in [1.82, 2.24) is 10.3 Å². The number of hydrogen-bond acceptors (Lipinski definition) is 10. The zero-order valence-electron chi connectivity index (χ0n) is 22.1. The fourth-order valence-corrected chi connectivity index (χ4v) is 4.87. The Morgan fingerprint density at radius 2 is 1.80 bits per heavy atom. The van der Waals surface area contributed by atoms with Crippen molar-refractivity contribution < 1.29 is 28.3 Å². The van der Waals surface area contributed by atoms with E-state index in [0.717, 1.165) is 12.8 Å². The van der Waals surface area contributed by atoms with Crippen LogP contribution in [0, 0.1) is 0 Å². The monoisotopic (exact) mass is 528 g/mol. The third-order valence-corrected chi connectivity index (χ3v) is 11.5. The summed E-state index contributed by atoms with van der Waals surface area (Å²) in [6.45, 7) is 17.2. The van der Waals surface area contributed by atoms with Gasteiger partial charge >= 0.3 is 18.0 Å². The average molecular weight is 529 g/mol. The van der Waals surface area contributed by atoms with Gasteiger partial charge in [0.25, 0.3) is 0 Å². The summed E-state index contributed by atoms with van der Waals surface area (Å²) in [5.41, 5.74) is 5.42. The molecule has 1 fully saturated rings. The van der Waals surface area contributed by atoms with Gasteiger partial charge in [0.05, 0.1) is 6.61 Å². The van der Waals surface area contributed by atoms with Crippen LogP contribution < -0.4 is 16.0 Å². The first-order valence-corrected chi connectivity index (χ1v) is 15.6. The molecule has 0 spiro atoms. The first kappa shape index (κ1) is 29.2. The molecule has 1 aliphatic rings. The Morgan fingerprint density at radius 1 is 1.20 bits per heavy atom. The molecule has 0 bridgehead atoms. The van der Waals surface area contributed by atoms with Gasteiger partial charge < -0.3 is 29.9 Å². The molecule has 1 amide bonds. The van der Waals surface area contributed by atoms with Crippen molar-refractivity contribution in [3.63, 3.8) is 0 Å². The van der Waals surface area contributed by atoms with Gasteiger partial charge in [-0.2, -0.15) is 0 Å². The van der Waals surface area contributed by atoms with Gasteiger partial charge in [-0.25, -0.2) is 19.4 Å². The van der Waals surface area contributed by atoms with Crippen molar-refractivity contribution in [2.75, 3.05) is 24.6 Å². The maximum atomic E-state index is 12.4. The van der Waals surface area contributed by atoms with Crippen molar-refractivity contribution in [1.29, 1.82) is 0 Å². The Balaban J connectivity index is 1.83. The standard InChI is InChI=1S/C23H40N4O6SSi/c1-22(2,3)33-21(30)25-15-9-11-27(12-10-15)20-26-17(14-34-20)19(29)32-18(28)16(24)13-31-35(7,8)23(4,5)6/h14-16H,9-13,24H2,1-8H3,(H,25,30)/t16-/m0/s1. The number of carbonyl (C=O) groups is 3. The van der Waals surface area contributed by atoms with Gasteiger partial charge in [-0.3, -0.25) is 0 Å². The molecule has 1 atom stereocenters. The number of esters is 2. The van der Waals surface area contributed by atoms with Gasteiger partial charge in [0.2, 0.25) is 0 Å². The van der Waals surface area contributed by atoms with Crippen molar-refractivity contribution in [3.8, 4) is 0 Å². The third kappa shape index (κ3) is 8.85. The second-order valence-corrected chi connectivity index (χ2v) is 17.0. The maximum absolute atomic E-state index is 12.4. The van der Waals surface area contributed by atoms with E-state index in [2.05, 4.69) is 44.2 Å². The van der Waals surface area contributed by atoms with Gasteiger partial charge in [0.1, 0.15) is 11.6 Å². The summed E-state index contributed by atoms with van der Waals surface area (Å²) in [6, 6.07) is -1.04. The second kappa shape index (κ2) is 11.4. The Labute approximate surface area is 213 Å². The van der Waals surface area contributed by atoms with Gasteiger partial charge in [0.15, 0.2) is 19.1 Å². The molecule has 3 N–H and O–H groups in total. The van der Waals surface area contributed by atoms with Crippen molar-refractivity contribution >= 4 is 42.8 Å². The number of rotatable bonds is 7. The van der Waals surface area contributed by atoms with Gasteiger partial charge in [-0.05, 0) is 51.7 Å². The average Bonchev–Trinajstić information content (AvgIpc) is 3.20. The molecule has 1 aliphatic heterocycles. The molecule has 2 heterocycles. The number of aromatic nitrogens is 1. The highest BCUT2D eigenvalue weighted by atomic mass is 32.1. The summed E-state index contributed by atoms with van der Waals surface area (Å²) in [6.07, 6.45) is 1.02. The zero-order valence-corrected chi connectivity index (χ0v) is 23.9. The van der Waals surface area contributed by atoms with E-state index in [9.17, 15) is 14.4 Å². The molecule has 35 heavy (non-hydrogen) atoms. The first-order chi connectivity index (χ1) is 16.0. The SMILES string of the molecule is CC(C)(C)OC(=O)NC1CCN(c2nc(C(=O)OC(=O)[C@@H](N)CO[Si](C)(C)C(C)(C)C)cs2)CC1. The lowest BCUT2D eigenvalue weighted by atomic mass is 10.1. The number of thiazole rings is 1. The van der Waals surface area contributed by atoms with E-state index in [1.807, 2.05) is 25.7 Å². The van der Waals surface area contributed by atoms with Crippen LogP contribution in [0.25, 0.3) is 0 Å². The number of amides is 1. The number of nitrogens with one attached hydrogen (secondary N) is 1. The number of piperidine rings is 1. The number of ether oxygens (including phenoxy) is 2. The minimum Gasteiger partial charge on any atom is -0.444 e. The smallest absolute Gasteiger partial charge is 0.407 e. The minimum absolute atomic E-state index is 0.00278. The normalized spacial score (nSPS) is 16.5. The molecule has 0 saturated carbocycles. The molecule has 1 saturated heterocycles. The van der Waals surface area contributed by atoms with Crippen LogP contribution in [0.3, 0.4) is 0 Å². The first-order valence-electron chi connectivity index (χ1n) is 11.8. The van der Waals surface area contributed by atoms with E-state index in [0.29, 0.717) is 18.2 Å². The summed E-state index contributed by atoms with van der Waals surface area (Å²) in [5.74, 6) is -1.67. The third-order valence-electron chi connectivity index (χ3n) is 6.11. The highest BCUT2D eigenvalue weighted by molar-refractivity contribution is 7.13. The predicted octanol–water partition coefficient (Wildman–Crippen LogP) is 3.67. The van der Waals surface area contributed by atoms with Gasteiger partial charge in [0, 0.05) is 24.5 Å². The quantitative estimate of drug-likeness (QED) is 0.309. The highest BCUT2D eigenvalue weighted by Gasteiger charge is 2.38. The van der Waals surface area contributed by atoms with Crippen molar-refractivity contribution in [2.24, 2.45) is 5.73 Å². The van der Waals surface area contributed by atoms with E-state index < -0.39 is 38.0 Å². The van der Waals surface area contributed by atoms with Crippen molar-refractivity contribution in [3.05, 3.63) is 11.1 Å². The molecular weight excluding hydrogens is 488 g/mol. The highest BCUT2D eigenvalue weighted by Crippen LogP contribution is 2.36. The lowest BCUT2D eigenvalue weighted by molar-refractivity contribution is -0.140. The van der Waals surface area contributed by atoms with Gasteiger partial charge in [-0.15, -0.1) is 11.3 Å². The molecule has 1 aromatic rings. The van der Waals surface area contributed by atoms with Crippen LogP contribution in [0.4, 0.5) is 9.93 Å². The summed E-state index contributed by atoms with van der Waals surface area (Å²) >= 11 is 1.30. The molecule has 2 rings (SSSR count). The van der Waals surface area contributed by atoms with E-state index >= 15 is 0 Å². The number of nitrogens with two attached hydrogens (primary N) is 1. The number of carbonyl (C=O) groups excluding carboxylic acids is 3. The van der Waals surface area contributed by atoms with E-state index in [4.69, 9.17) is 19.6 Å². The summed E-state index contributed by atoms with van der Waals surface area (Å²) in [5, 5.41) is 5.09. The molecule has 10 nitrogen and oxygen atoms in total. The van der Waals surface area contributed by atoms with Crippen molar-refractivity contribution in [2.45, 2.75) is 90.2 Å². The molecule has 0 unspecified atom stereocenters. The zero-order chi connectivity index (χ0) is 26.6. The fourth-order valence-electron chi connectivity index (χ4n) is 2.99. The van der Waals surface area contributed by atoms with Crippen LogP contribution in [0.15, 0.2) is 5.38 Å². The second-order valence-electron chi connectivity index (χ2n) is 11.3. The Kier molecular flexibility index (Phi) is 9.48. The van der Waals surface area contributed by atoms with Gasteiger partial charge in [-0.1, -0.05) is 20.8 Å². The van der Waals surface area contributed by atoms with Crippen LogP contribution in [-0.2, 0) is 18.7 Å². The van der Waals surface area contributed by atoms with E-state index in [1.165, 1.54) is 11.3 Å². The lowest BCUT2D eigenvalue weighted by Gasteiger charge is -2.36. The summed E-state index contributed by atoms with van der Waals surface area (Å²) in [7, 11) is -2.08. The van der Waals surface area contributed by atoms with Crippen LogP contribution in [0.5, 0.6) is 0 Å². The van der Waals surface area contributed by atoms with Crippen LogP contribution >= 0.6 is 11.3 Å². The predicted molar refractivity (Wildman–Crippen MR) is 138 cm³/mol. The molecule has 198 valence electrons. The maximum Gasteiger partial charge on any atom is 0.407 e. The molecule has 0 aromatic carbocycles. The topological polar surface area (TPSA) is 133 Å². The molecular formula is C23H40N4O6SSi. The van der Waals surface area contributed by atoms with E-state index in [-0.39, 0.29) is 23.4 Å². The Bertz CT molecular complexity index is 901.